The zero-order chi connectivity index (χ0) is 26.3. The van der Waals surface area contributed by atoms with Crippen molar-refractivity contribution in [3.8, 4) is 0 Å². The lowest BCUT2D eigenvalue weighted by Crippen LogP contribution is -2.45. The standard InChI is InChI=1S/C31H46O5/c1-21-24(14-15-25-20-28(33)30(29(34)22(25)2)36-18-8-17-32)11-6-13-27(21)26-12-5-9-23(19-26)10-7-16-31(3,4)35/h5,9,12,14-15,19,21,27-30,32-35H,2,6-8,10-11,13,16-18,20H2,1,3-4H3/b24-14+,25-15-/t21-,27-,28+,29+,30-/m0/s1. The third kappa shape index (κ3) is 7.87. The van der Waals surface area contributed by atoms with Gasteiger partial charge in [-0.3, -0.25) is 0 Å². The SMILES string of the molecule is C=C1/C(=C\C=C2/CCC[C@H](c3cccc(CCCC(C)(C)O)c3)[C@H]2C)C[C@@H](O)[C@H](OCCCO)[C@@H]1O. The second kappa shape index (κ2) is 13.2. The molecule has 0 aromatic heterocycles. The lowest BCUT2D eigenvalue weighted by Gasteiger charge is -2.35. The molecule has 5 nitrogen and oxygen atoms in total. The Balaban J connectivity index is 1.68. The van der Waals surface area contributed by atoms with Crippen LogP contribution in [0.5, 0.6) is 0 Å². The molecule has 2 saturated carbocycles. The van der Waals surface area contributed by atoms with E-state index in [2.05, 4.69) is 43.8 Å². The first kappa shape index (κ1) is 28.8. The number of aliphatic hydroxyl groups excluding tert-OH is 3. The second-order valence-electron chi connectivity index (χ2n) is 11.3. The molecule has 36 heavy (non-hydrogen) atoms. The molecule has 0 amide bonds. The van der Waals surface area contributed by atoms with Gasteiger partial charge in [0.15, 0.2) is 0 Å². The monoisotopic (exact) mass is 498 g/mol. The summed E-state index contributed by atoms with van der Waals surface area (Å²) in [4.78, 5) is 0. The Bertz CT molecular complexity index is 925. The third-order valence-corrected chi connectivity index (χ3v) is 7.80. The Hall–Kier alpha value is -1.76. The molecule has 0 spiro atoms. The molecule has 5 atom stereocenters. The second-order valence-corrected chi connectivity index (χ2v) is 11.3. The van der Waals surface area contributed by atoms with Crippen LogP contribution in [0.4, 0.5) is 0 Å². The summed E-state index contributed by atoms with van der Waals surface area (Å²) < 4.78 is 5.62. The summed E-state index contributed by atoms with van der Waals surface area (Å²) in [6, 6.07) is 8.94. The van der Waals surface area contributed by atoms with Crippen LogP contribution in [0.15, 0.2) is 59.7 Å². The van der Waals surface area contributed by atoms with Gasteiger partial charge in [0.2, 0.25) is 0 Å². The van der Waals surface area contributed by atoms with E-state index in [-0.39, 0.29) is 6.61 Å². The van der Waals surface area contributed by atoms with Gasteiger partial charge in [0.25, 0.3) is 0 Å². The van der Waals surface area contributed by atoms with Crippen molar-refractivity contribution in [2.24, 2.45) is 5.92 Å². The minimum atomic E-state index is -0.951. The molecular formula is C31H46O5. The first-order valence-electron chi connectivity index (χ1n) is 13.6. The van der Waals surface area contributed by atoms with E-state index in [1.807, 2.05) is 19.9 Å². The van der Waals surface area contributed by atoms with Crippen LogP contribution in [0.2, 0.25) is 0 Å². The van der Waals surface area contributed by atoms with Gasteiger partial charge in [0, 0.05) is 19.6 Å². The van der Waals surface area contributed by atoms with Crippen LogP contribution >= 0.6 is 0 Å². The van der Waals surface area contributed by atoms with Gasteiger partial charge in [0.1, 0.15) is 12.2 Å². The van der Waals surface area contributed by atoms with Gasteiger partial charge in [-0.15, -0.1) is 0 Å². The molecule has 2 aliphatic rings. The van der Waals surface area contributed by atoms with Crippen LogP contribution in [-0.2, 0) is 11.2 Å². The summed E-state index contributed by atoms with van der Waals surface area (Å²) in [5, 5.41) is 40.2. The Kier molecular flexibility index (Phi) is 10.5. The van der Waals surface area contributed by atoms with E-state index in [9.17, 15) is 15.3 Å². The largest absolute Gasteiger partial charge is 0.396 e. The highest BCUT2D eigenvalue weighted by molar-refractivity contribution is 5.40. The van der Waals surface area contributed by atoms with Crippen molar-refractivity contribution in [1.29, 1.82) is 0 Å². The summed E-state index contributed by atoms with van der Waals surface area (Å²) in [7, 11) is 0. The van der Waals surface area contributed by atoms with Crippen molar-refractivity contribution in [1.82, 2.24) is 0 Å². The minimum Gasteiger partial charge on any atom is -0.396 e. The van der Waals surface area contributed by atoms with Crippen molar-refractivity contribution in [2.75, 3.05) is 13.2 Å². The maximum atomic E-state index is 10.7. The number of aliphatic hydroxyl groups is 4. The van der Waals surface area contributed by atoms with E-state index in [4.69, 9.17) is 9.84 Å². The molecule has 2 aliphatic carbocycles. The van der Waals surface area contributed by atoms with Crippen molar-refractivity contribution in [3.05, 3.63) is 70.8 Å². The highest BCUT2D eigenvalue weighted by atomic mass is 16.5. The van der Waals surface area contributed by atoms with Crippen LogP contribution in [0.3, 0.4) is 0 Å². The van der Waals surface area contributed by atoms with E-state index in [0.29, 0.717) is 36.9 Å². The van der Waals surface area contributed by atoms with Crippen molar-refractivity contribution >= 4 is 0 Å². The lowest BCUT2D eigenvalue weighted by molar-refractivity contribution is -0.0968. The number of hydrogen-bond donors (Lipinski definition) is 4. The van der Waals surface area contributed by atoms with Crippen LogP contribution in [0.25, 0.3) is 0 Å². The molecule has 0 bridgehead atoms. The summed E-state index contributed by atoms with van der Waals surface area (Å²) in [5.74, 6) is 0.871. The summed E-state index contributed by atoms with van der Waals surface area (Å²) in [6.45, 7) is 10.4. The highest BCUT2D eigenvalue weighted by Gasteiger charge is 2.36. The Morgan fingerprint density at radius 1 is 1.17 bits per heavy atom. The number of allylic oxidation sites excluding steroid dienone is 3. The summed E-state index contributed by atoms with van der Waals surface area (Å²) >= 11 is 0. The van der Waals surface area contributed by atoms with E-state index in [1.54, 1.807) is 0 Å². The quantitative estimate of drug-likeness (QED) is 0.342. The minimum absolute atomic E-state index is 0.0180. The molecule has 0 aliphatic heterocycles. The van der Waals surface area contributed by atoms with Gasteiger partial charge in [-0.1, -0.05) is 55.5 Å². The van der Waals surface area contributed by atoms with Crippen LogP contribution in [0.1, 0.15) is 82.8 Å². The van der Waals surface area contributed by atoms with Gasteiger partial charge in [-0.05, 0) is 92.9 Å². The number of rotatable bonds is 10. The number of benzene rings is 1. The normalized spacial score (nSPS) is 29.8. The number of hydrogen-bond acceptors (Lipinski definition) is 5. The molecule has 0 unspecified atom stereocenters. The molecule has 3 rings (SSSR count). The Morgan fingerprint density at radius 2 is 1.94 bits per heavy atom. The fourth-order valence-electron chi connectivity index (χ4n) is 5.60. The smallest absolute Gasteiger partial charge is 0.114 e. The van der Waals surface area contributed by atoms with E-state index in [1.165, 1.54) is 23.1 Å². The topological polar surface area (TPSA) is 90.2 Å². The predicted octanol–water partition coefficient (Wildman–Crippen LogP) is 4.99. The molecule has 200 valence electrons. The molecule has 0 saturated heterocycles. The number of ether oxygens (including phenoxy) is 1. The third-order valence-electron chi connectivity index (χ3n) is 7.80. The maximum Gasteiger partial charge on any atom is 0.114 e. The zero-order valence-electron chi connectivity index (χ0n) is 22.3. The van der Waals surface area contributed by atoms with Crippen molar-refractivity contribution in [3.63, 3.8) is 0 Å². The average Bonchev–Trinajstić information content (AvgIpc) is 2.83. The molecule has 4 N–H and O–H groups in total. The summed E-state index contributed by atoms with van der Waals surface area (Å²) in [5.41, 5.74) is 4.96. The highest BCUT2D eigenvalue weighted by Crippen LogP contribution is 2.41. The van der Waals surface area contributed by atoms with Gasteiger partial charge < -0.3 is 25.2 Å². The van der Waals surface area contributed by atoms with Crippen LogP contribution < -0.4 is 0 Å². The fourth-order valence-corrected chi connectivity index (χ4v) is 5.60. The molecule has 5 heteroatoms. The molecule has 0 heterocycles. The fraction of sp³-hybridized carbons (Fsp3) is 0.613. The maximum absolute atomic E-state index is 10.7. The lowest BCUT2D eigenvalue weighted by atomic mass is 9.73. The van der Waals surface area contributed by atoms with Gasteiger partial charge in [-0.2, -0.15) is 0 Å². The molecule has 0 radical (unpaired) electrons. The van der Waals surface area contributed by atoms with E-state index in [0.717, 1.165) is 37.7 Å². The molecule has 1 aromatic carbocycles. The first-order chi connectivity index (χ1) is 17.1. The molecule has 2 fully saturated rings. The predicted molar refractivity (Wildman–Crippen MR) is 145 cm³/mol. The van der Waals surface area contributed by atoms with Gasteiger partial charge in [0.05, 0.1) is 11.7 Å². The van der Waals surface area contributed by atoms with Crippen molar-refractivity contribution < 1.29 is 25.2 Å². The molecule has 1 aromatic rings. The Labute approximate surface area is 217 Å². The van der Waals surface area contributed by atoms with Crippen molar-refractivity contribution in [2.45, 2.75) is 102 Å². The number of aryl methyl sites for hydroxylation is 1. The zero-order valence-corrected chi connectivity index (χ0v) is 22.3. The average molecular weight is 499 g/mol. The van der Waals surface area contributed by atoms with E-state index < -0.39 is 23.9 Å². The van der Waals surface area contributed by atoms with Crippen LogP contribution in [0, 0.1) is 5.92 Å². The molecular weight excluding hydrogens is 452 g/mol. The van der Waals surface area contributed by atoms with Gasteiger partial charge >= 0.3 is 0 Å². The Morgan fingerprint density at radius 3 is 2.67 bits per heavy atom. The summed E-state index contributed by atoms with van der Waals surface area (Å²) in [6.07, 6.45) is 8.72. The van der Waals surface area contributed by atoms with Gasteiger partial charge in [-0.25, -0.2) is 0 Å². The van der Waals surface area contributed by atoms with Crippen LogP contribution in [-0.4, -0.2) is 57.6 Å². The van der Waals surface area contributed by atoms with E-state index >= 15 is 0 Å². The first-order valence-corrected chi connectivity index (χ1v) is 13.6.